The molecule has 3 fully saturated rings. The van der Waals surface area contributed by atoms with Crippen molar-refractivity contribution < 1.29 is 19.1 Å². The SMILES string of the molecule is CCC1(NC(=O)N[C@H](C(=O)N2C[C@H]3[C@@H]([C@H]2C(=O)OC)C3(C)C)C(C)(C)C)CCCCC1. The molecule has 0 bridgehead atoms. The van der Waals surface area contributed by atoms with Gasteiger partial charge in [-0.15, -0.1) is 0 Å². The molecule has 0 aromatic rings. The summed E-state index contributed by atoms with van der Waals surface area (Å²) in [6, 6.07) is -1.60. The number of rotatable bonds is 5. The Morgan fingerprint density at radius 1 is 1.13 bits per heavy atom. The molecule has 31 heavy (non-hydrogen) atoms. The summed E-state index contributed by atoms with van der Waals surface area (Å²) < 4.78 is 5.05. The number of piperidine rings is 1. The number of nitrogens with zero attached hydrogens (tertiary/aromatic N) is 1. The lowest BCUT2D eigenvalue weighted by Crippen LogP contribution is -2.62. The van der Waals surface area contributed by atoms with E-state index in [9.17, 15) is 14.4 Å². The molecule has 2 N–H and O–H groups in total. The summed E-state index contributed by atoms with van der Waals surface area (Å²) in [7, 11) is 1.37. The largest absolute Gasteiger partial charge is 0.467 e. The van der Waals surface area contributed by atoms with Gasteiger partial charge in [0, 0.05) is 18.0 Å². The van der Waals surface area contributed by atoms with Crippen LogP contribution in [0.1, 0.15) is 80.1 Å². The van der Waals surface area contributed by atoms with Gasteiger partial charge in [-0.05, 0) is 36.0 Å². The molecule has 0 aromatic heterocycles. The highest BCUT2D eigenvalue weighted by Crippen LogP contribution is 2.65. The van der Waals surface area contributed by atoms with Gasteiger partial charge in [0.25, 0.3) is 0 Å². The number of esters is 1. The second kappa shape index (κ2) is 8.28. The summed E-state index contributed by atoms with van der Waals surface area (Å²) in [5, 5.41) is 6.17. The molecule has 3 rings (SSSR count). The van der Waals surface area contributed by atoms with Crippen LogP contribution in [0.2, 0.25) is 0 Å². The van der Waals surface area contributed by atoms with Crippen molar-refractivity contribution in [2.45, 2.75) is 97.7 Å². The second-order valence-corrected chi connectivity index (χ2v) is 11.5. The van der Waals surface area contributed by atoms with E-state index in [4.69, 9.17) is 4.74 Å². The zero-order valence-electron chi connectivity index (χ0n) is 20.3. The Bertz CT molecular complexity index is 721. The number of carbonyl (C=O) groups excluding carboxylic acids is 3. The predicted octanol–water partition coefficient (Wildman–Crippen LogP) is 3.47. The van der Waals surface area contributed by atoms with E-state index in [-0.39, 0.29) is 34.8 Å². The summed E-state index contributed by atoms with van der Waals surface area (Å²) in [5.74, 6) is -0.157. The third kappa shape index (κ3) is 4.42. The van der Waals surface area contributed by atoms with E-state index in [2.05, 4.69) is 31.4 Å². The minimum atomic E-state index is -0.724. The molecule has 176 valence electrons. The number of ether oxygens (including phenoxy) is 1. The van der Waals surface area contributed by atoms with Crippen LogP contribution in [0.15, 0.2) is 0 Å². The quantitative estimate of drug-likeness (QED) is 0.647. The van der Waals surface area contributed by atoms with Gasteiger partial charge in [0.15, 0.2) is 0 Å². The number of urea groups is 1. The number of methoxy groups -OCH3 is 1. The van der Waals surface area contributed by atoms with Crippen molar-refractivity contribution in [3.05, 3.63) is 0 Å². The van der Waals surface area contributed by atoms with Crippen LogP contribution in [0.25, 0.3) is 0 Å². The summed E-state index contributed by atoms with van der Waals surface area (Å²) in [6.07, 6.45) is 6.26. The van der Waals surface area contributed by atoms with Gasteiger partial charge >= 0.3 is 12.0 Å². The van der Waals surface area contributed by atoms with Crippen LogP contribution in [0.3, 0.4) is 0 Å². The number of hydrogen-bond donors (Lipinski definition) is 2. The fourth-order valence-electron chi connectivity index (χ4n) is 5.92. The summed E-state index contributed by atoms with van der Waals surface area (Å²) >= 11 is 0. The second-order valence-electron chi connectivity index (χ2n) is 11.5. The molecule has 2 aliphatic carbocycles. The molecular weight excluding hydrogens is 394 g/mol. The van der Waals surface area contributed by atoms with Gasteiger partial charge in [-0.1, -0.05) is 60.8 Å². The zero-order valence-corrected chi connectivity index (χ0v) is 20.3. The monoisotopic (exact) mass is 435 g/mol. The fraction of sp³-hybridized carbons (Fsp3) is 0.875. The van der Waals surface area contributed by atoms with Gasteiger partial charge in [-0.25, -0.2) is 9.59 Å². The van der Waals surface area contributed by atoms with Crippen LogP contribution in [0, 0.1) is 22.7 Å². The molecule has 0 radical (unpaired) electrons. The first-order chi connectivity index (χ1) is 14.4. The predicted molar refractivity (Wildman–Crippen MR) is 119 cm³/mol. The van der Waals surface area contributed by atoms with Crippen LogP contribution >= 0.6 is 0 Å². The Morgan fingerprint density at radius 3 is 2.26 bits per heavy atom. The average molecular weight is 436 g/mol. The summed E-state index contributed by atoms with van der Waals surface area (Å²) in [4.78, 5) is 40.9. The van der Waals surface area contributed by atoms with Crippen LogP contribution in [0.5, 0.6) is 0 Å². The lowest BCUT2D eigenvalue weighted by molar-refractivity contribution is -0.154. The van der Waals surface area contributed by atoms with E-state index in [1.165, 1.54) is 13.5 Å². The zero-order chi connectivity index (χ0) is 23.2. The van der Waals surface area contributed by atoms with E-state index in [1.807, 2.05) is 20.8 Å². The van der Waals surface area contributed by atoms with Gasteiger partial charge in [0.2, 0.25) is 5.91 Å². The molecule has 4 atom stereocenters. The highest BCUT2D eigenvalue weighted by atomic mass is 16.5. The first-order valence-electron chi connectivity index (χ1n) is 11.8. The van der Waals surface area contributed by atoms with Crippen LogP contribution < -0.4 is 10.6 Å². The van der Waals surface area contributed by atoms with Crippen LogP contribution in [-0.2, 0) is 14.3 Å². The first kappa shape index (κ1) is 23.9. The Kier molecular flexibility index (Phi) is 6.38. The molecule has 1 aliphatic heterocycles. The average Bonchev–Trinajstić information content (AvgIpc) is 3.05. The van der Waals surface area contributed by atoms with Gasteiger partial charge in [0.1, 0.15) is 12.1 Å². The highest BCUT2D eigenvalue weighted by Gasteiger charge is 2.70. The van der Waals surface area contributed by atoms with E-state index < -0.39 is 17.5 Å². The van der Waals surface area contributed by atoms with E-state index in [0.717, 1.165) is 32.1 Å². The first-order valence-corrected chi connectivity index (χ1v) is 11.8. The lowest BCUT2D eigenvalue weighted by Gasteiger charge is -2.40. The van der Waals surface area contributed by atoms with E-state index >= 15 is 0 Å². The third-order valence-corrected chi connectivity index (χ3v) is 8.19. The Hall–Kier alpha value is -1.79. The summed E-state index contributed by atoms with van der Waals surface area (Å²) in [5.41, 5.74) is -0.656. The fourth-order valence-corrected chi connectivity index (χ4v) is 5.92. The molecule has 1 saturated heterocycles. The number of carbonyl (C=O) groups is 3. The molecule has 3 amide bonds. The van der Waals surface area contributed by atoms with Gasteiger partial charge < -0.3 is 20.3 Å². The van der Waals surface area contributed by atoms with Gasteiger partial charge in [-0.3, -0.25) is 4.79 Å². The lowest BCUT2D eigenvalue weighted by atomic mass is 9.80. The smallest absolute Gasteiger partial charge is 0.328 e. The molecule has 7 heteroatoms. The van der Waals surface area contributed by atoms with Crippen LogP contribution in [0.4, 0.5) is 4.79 Å². The minimum Gasteiger partial charge on any atom is -0.467 e. The minimum absolute atomic E-state index is 0.0339. The molecular formula is C24H41N3O4. The van der Waals surface area contributed by atoms with Crippen molar-refractivity contribution in [1.82, 2.24) is 15.5 Å². The van der Waals surface area contributed by atoms with Crippen molar-refractivity contribution in [2.75, 3.05) is 13.7 Å². The highest BCUT2D eigenvalue weighted by molar-refractivity contribution is 5.92. The molecule has 0 spiro atoms. The number of likely N-dealkylation sites (tertiary alicyclic amines) is 1. The maximum Gasteiger partial charge on any atom is 0.328 e. The van der Waals surface area contributed by atoms with Crippen LogP contribution in [-0.4, -0.2) is 54.1 Å². The van der Waals surface area contributed by atoms with Crippen molar-refractivity contribution >= 4 is 17.9 Å². The van der Waals surface area contributed by atoms with E-state index in [1.54, 1.807) is 4.90 Å². The molecule has 0 aromatic carbocycles. The third-order valence-electron chi connectivity index (χ3n) is 8.19. The van der Waals surface area contributed by atoms with Crippen molar-refractivity contribution in [2.24, 2.45) is 22.7 Å². The standard InChI is InChI=1S/C24H41N3O4/c1-8-24(12-10-9-11-13-24)26-21(30)25-18(22(2,3)4)19(28)27-14-15-16(23(15,5)6)17(27)20(29)31-7/h15-18H,8-14H2,1-7H3,(H2,25,26,30)/t15-,16-,17-,18+/m0/s1. The number of amides is 3. The number of nitrogens with one attached hydrogen (secondary N) is 2. The molecule has 2 saturated carbocycles. The Balaban J connectivity index is 1.76. The topological polar surface area (TPSA) is 87.7 Å². The molecule has 3 aliphatic rings. The van der Waals surface area contributed by atoms with E-state index in [0.29, 0.717) is 12.5 Å². The van der Waals surface area contributed by atoms with Crippen molar-refractivity contribution in [3.63, 3.8) is 0 Å². The Labute approximate surface area is 187 Å². The maximum absolute atomic E-state index is 13.7. The Morgan fingerprint density at radius 2 is 1.74 bits per heavy atom. The number of fused-ring (bicyclic) bond motifs is 1. The molecule has 0 unspecified atom stereocenters. The number of hydrogen-bond acceptors (Lipinski definition) is 4. The normalized spacial score (nSPS) is 29.5. The molecule has 1 heterocycles. The summed E-state index contributed by atoms with van der Waals surface area (Å²) in [6.45, 7) is 12.8. The van der Waals surface area contributed by atoms with Crippen molar-refractivity contribution in [3.8, 4) is 0 Å². The van der Waals surface area contributed by atoms with Gasteiger partial charge in [-0.2, -0.15) is 0 Å². The van der Waals surface area contributed by atoms with Crippen molar-refractivity contribution in [1.29, 1.82) is 0 Å². The maximum atomic E-state index is 13.7. The van der Waals surface area contributed by atoms with Gasteiger partial charge in [0.05, 0.1) is 7.11 Å². The molecule has 7 nitrogen and oxygen atoms in total.